The predicted molar refractivity (Wildman–Crippen MR) is 95.9 cm³/mol. The van der Waals surface area contributed by atoms with Gasteiger partial charge in [-0.25, -0.2) is 17.7 Å². The third-order valence-corrected chi connectivity index (χ3v) is 5.92. The van der Waals surface area contributed by atoms with Crippen molar-refractivity contribution in [1.82, 2.24) is 9.29 Å². The second-order valence-electron chi connectivity index (χ2n) is 4.97. The van der Waals surface area contributed by atoms with Gasteiger partial charge in [-0.15, -0.1) is 0 Å². The number of aromatic nitrogens is 1. The number of carbonyl (C=O) groups excluding carboxylic acids is 1. The molecule has 128 valence electrons. The Morgan fingerprint density at radius 3 is 2.62 bits per heavy atom. The van der Waals surface area contributed by atoms with E-state index in [0.29, 0.717) is 15.7 Å². The van der Waals surface area contributed by atoms with Gasteiger partial charge in [0.05, 0.1) is 10.8 Å². The zero-order valence-electron chi connectivity index (χ0n) is 13.1. The van der Waals surface area contributed by atoms with Crippen LogP contribution in [0.15, 0.2) is 52.5 Å². The van der Waals surface area contributed by atoms with Gasteiger partial charge in [-0.05, 0) is 30.3 Å². The number of anilines is 1. The standard InChI is InChI=1S/C15H16ClN3O3S2/c1-19(2)24(21,22)13-6-7-15(17-9-13)23-10-14(20)18-12-5-3-4-11(16)8-12/h3-9H,10H2,1-2H3,(H,18,20). The van der Waals surface area contributed by atoms with Crippen molar-refractivity contribution in [1.29, 1.82) is 0 Å². The van der Waals surface area contributed by atoms with Crippen LogP contribution in [0, 0.1) is 0 Å². The first-order valence-electron chi connectivity index (χ1n) is 6.86. The van der Waals surface area contributed by atoms with Crippen LogP contribution in [0.2, 0.25) is 5.02 Å². The molecule has 0 unspecified atom stereocenters. The topological polar surface area (TPSA) is 79.4 Å². The van der Waals surface area contributed by atoms with Crippen molar-refractivity contribution in [3.63, 3.8) is 0 Å². The molecule has 0 spiro atoms. The number of nitrogens with zero attached hydrogens (tertiary/aromatic N) is 2. The van der Waals surface area contributed by atoms with Gasteiger partial charge >= 0.3 is 0 Å². The molecule has 2 aromatic rings. The Morgan fingerprint density at radius 1 is 1.29 bits per heavy atom. The van der Waals surface area contributed by atoms with E-state index in [1.54, 1.807) is 30.3 Å². The number of sulfonamides is 1. The monoisotopic (exact) mass is 385 g/mol. The van der Waals surface area contributed by atoms with Crippen molar-refractivity contribution < 1.29 is 13.2 Å². The molecule has 1 aromatic carbocycles. The van der Waals surface area contributed by atoms with Crippen LogP contribution in [-0.4, -0.2) is 43.5 Å². The molecule has 0 fully saturated rings. The average molecular weight is 386 g/mol. The zero-order chi connectivity index (χ0) is 17.7. The Morgan fingerprint density at radius 2 is 2.04 bits per heavy atom. The molecule has 0 aliphatic rings. The highest BCUT2D eigenvalue weighted by Crippen LogP contribution is 2.20. The van der Waals surface area contributed by atoms with Crippen molar-refractivity contribution in [2.75, 3.05) is 25.2 Å². The molecule has 9 heteroatoms. The molecule has 0 aliphatic heterocycles. The van der Waals surface area contributed by atoms with Crippen LogP contribution in [0.4, 0.5) is 5.69 Å². The van der Waals surface area contributed by atoms with Gasteiger partial charge in [0.2, 0.25) is 15.9 Å². The summed E-state index contributed by atoms with van der Waals surface area (Å²) in [5.41, 5.74) is 0.619. The number of carbonyl (C=O) groups is 1. The zero-order valence-corrected chi connectivity index (χ0v) is 15.5. The maximum atomic E-state index is 11.9. The SMILES string of the molecule is CN(C)S(=O)(=O)c1ccc(SCC(=O)Nc2cccc(Cl)c2)nc1. The Bertz CT molecular complexity index is 824. The van der Waals surface area contributed by atoms with Crippen LogP contribution in [-0.2, 0) is 14.8 Å². The van der Waals surface area contributed by atoms with Crippen LogP contribution in [0.5, 0.6) is 0 Å². The van der Waals surface area contributed by atoms with Crippen molar-refractivity contribution in [3.8, 4) is 0 Å². The van der Waals surface area contributed by atoms with Crippen molar-refractivity contribution in [3.05, 3.63) is 47.6 Å². The number of halogens is 1. The molecule has 1 N–H and O–H groups in total. The molecule has 0 saturated carbocycles. The molecule has 1 heterocycles. The van der Waals surface area contributed by atoms with E-state index >= 15 is 0 Å². The summed E-state index contributed by atoms with van der Waals surface area (Å²) >= 11 is 7.07. The largest absolute Gasteiger partial charge is 0.325 e. The van der Waals surface area contributed by atoms with Crippen molar-refractivity contribution in [2.24, 2.45) is 0 Å². The van der Waals surface area contributed by atoms with Crippen LogP contribution in [0.25, 0.3) is 0 Å². The highest BCUT2D eigenvalue weighted by Gasteiger charge is 2.17. The number of hydrogen-bond donors (Lipinski definition) is 1. The predicted octanol–water partition coefficient (Wildman–Crippen LogP) is 2.72. The molecular weight excluding hydrogens is 370 g/mol. The minimum atomic E-state index is -3.50. The van der Waals surface area contributed by atoms with E-state index in [2.05, 4.69) is 10.3 Å². The maximum Gasteiger partial charge on any atom is 0.244 e. The average Bonchev–Trinajstić information content (AvgIpc) is 2.53. The highest BCUT2D eigenvalue weighted by atomic mass is 35.5. The first-order valence-corrected chi connectivity index (χ1v) is 9.66. The fourth-order valence-electron chi connectivity index (χ4n) is 1.72. The summed E-state index contributed by atoms with van der Waals surface area (Å²) < 4.78 is 25.0. The van der Waals surface area contributed by atoms with Crippen molar-refractivity contribution >= 4 is 45.0 Å². The first-order chi connectivity index (χ1) is 11.3. The molecule has 24 heavy (non-hydrogen) atoms. The van der Waals surface area contributed by atoms with E-state index < -0.39 is 10.0 Å². The number of amides is 1. The molecule has 1 aromatic heterocycles. The summed E-state index contributed by atoms with van der Waals surface area (Å²) in [5, 5.41) is 3.83. The van der Waals surface area contributed by atoms with Crippen molar-refractivity contribution in [2.45, 2.75) is 9.92 Å². The van der Waals surface area contributed by atoms with Crippen LogP contribution < -0.4 is 5.32 Å². The van der Waals surface area contributed by atoms with Crippen LogP contribution >= 0.6 is 23.4 Å². The Labute approximate surface area is 150 Å². The molecule has 0 atom stereocenters. The number of benzene rings is 1. The van der Waals surface area contributed by atoms with Gasteiger partial charge in [-0.2, -0.15) is 0 Å². The lowest BCUT2D eigenvalue weighted by atomic mass is 10.3. The summed E-state index contributed by atoms with van der Waals surface area (Å²) in [7, 11) is -0.587. The summed E-state index contributed by atoms with van der Waals surface area (Å²) in [6.07, 6.45) is 1.28. The maximum absolute atomic E-state index is 11.9. The minimum Gasteiger partial charge on any atom is -0.325 e. The molecule has 0 aliphatic carbocycles. The Kier molecular flexibility index (Phi) is 6.22. The van der Waals surface area contributed by atoms with E-state index in [9.17, 15) is 13.2 Å². The van der Waals surface area contributed by atoms with Gasteiger partial charge in [0, 0.05) is 31.0 Å². The molecule has 1 amide bonds. The Balaban J connectivity index is 1.94. The third-order valence-electron chi connectivity index (χ3n) is 2.95. The summed E-state index contributed by atoms with van der Waals surface area (Å²) in [6, 6.07) is 9.92. The normalized spacial score (nSPS) is 11.5. The minimum absolute atomic E-state index is 0.111. The van der Waals surface area contributed by atoms with E-state index in [1.165, 1.54) is 38.1 Å². The smallest absolute Gasteiger partial charge is 0.244 e. The molecule has 0 saturated heterocycles. The van der Waals surface area contributed by atoms with Gasteiger partial charge in [-0.3, -0.25) is 4.79 Å². The van der Waals surface area contributed by atoms with E-state index in [4.69, 9.17) is 11.6 Å². The van der Waals surface area contributed by atoms with Gasteiger partial charge in [-0.1, -0.05) is 29.4 Å². The molecule has 0 radical (unpaired) electrons. The highest BCUT2D eigenvalue weighted by molar-refractivity contribution is 7.99. The van der Waals surface area contributed by atoms with E-state index in [-0.39, 0.29) is 16.6 Å². The van der Waals surface area contributed by atoms with Gasteiger partial charge in [0.25, 0.3) is 0 Å². The van der Waals surface area contributed by atoms with Gasteiger partial charge in [0.1, 0.15) is 4.90 Å². The second kappa shape index (κ2) is 7.98. The summed E-state index contributed by atoms with van der Waals surface area (Å²) in [6.45, 7) is 0. The quantitative estimate of drug-likeness (QED) is 0.773. The number of hydrogen-bond acceptors (Lipinski definition) is 5. The van der Waals surface area contributed by atoms with Crippen LogP contribution in [0.1, 0.15) is 0 Å². The lowest BCUT2D eigenvalue weighted by Gasteiger charge is -2.11. The number of pyridine rings is 1. The van der Waals surface area contributed by atoms with Gasteiger partial charge in [0.15, 0.2) is 0 Å². The number of rotatable bonds is 6. The van der Waals surface area contributed by atoms with E-state index in [1.807, 2.05) is 0 Å². The third kappa shape index (κ3) is 4.94. The lowest BCUT2D eigenvalue weighted by Crippen LogP contribution is -2.22. The number of thioether (sulfide) groups is 1. The van der Waals surface area contributed by atoms with E-state index in [0.717, 1.165) is 4.31 Å². The summed E-state index contributed by atoms with van der Waals surface area (Å²) in [4.78, 5) is 16.1. The molecule has 6 nitrogen and oxygen atoms in total. The fourth-order valence-corrected chi connectivity index (χ4v) is 3.40. The number of nitrogens with one attached hydrogen (secondary N) is 1. The van der Waals surface area contributed by atoms with Crippen LogP contribution in [0.3, 0.4) is 0 Å². The molecule has 2 rings (SSSR count). The second-order valence-corrected chi connectivity index (χ2v) is 8.55. The fraction of sp³-hybridized carbons (Fsp3) is 0.200. The first kappa shape index (κ1) is 18.7. The molecular formula is C15H16ClN3O3S2. The molecule has 0 bridgehead atoms. The summed E-state index contributed by atoms with van der Waals surface area (Å²) in [5.74, 6) is -0.0479. The Hall–Kier alpha value is -1.61. The van der Waals surface area contributed by atoms with Gasteiger partial charge < -0.3 is 5.32 Å². The lowest BCUT2D eigenvalue weighted by molar-refractivity contribution is -0.113.